The Morgan fingerprint density at radius 3 is 2.92 bits per heavy atom. The van der Waals surface area contributed by atoms with Crippen molar-refractivity contribution in [2.45, 2.75) is 58.0 Å². The zero-order valence-electron chi connectivity index (χ0n) is 15.3. The number of nitrogens with zero attached hydrogens (tertiary/aromatic N) is 3. The Kier molecular flexibility index (Phi) is 4.13. The van der Waals surface area contributed by atoms with Gasteiger partial charge in [0.2, 0.25) is 0 Å². The van der Waals surface area contributed by atoms with Crippen LogP contribution in [-0.4, -0.2) is 52.0 Å². The molecule has 0 spiro atoms. The summed E-state index contributed by atoms with van der Waals surface area (Å²) in [6.45, 7) is 12.9. The van der Waals surface area contributed by atoms with E-state index in [9.17, 15) is 0 Å². The van der Waals surface area contributed by atoms with Crippen molar-refractivity contribution >= 4 is 11.0 Å². The van der Waals surface area contributed by atoms with E-state index in [0.29, 0.717) is 0 Å². The van der Waals surface area contributed by atoms with Crippen molar-refractivity contribution in [1.29, 1.82) is 0 Å². The van der Waals surface area contributed by atoms with E-state index in [1.807, 2.05) is 6.20 Å². The Balaban J connectivity index is 1.62. The van der Waals surface area contributed by atoms with Crippen molar-refractivity contribution in [2.24, 2.45) is 0 Å². The minimum Gasteiger partial charge on any atom is -0.342 e. The fraction of sp³-hybridized carbons (Fsp3) is 0.650. The number of piperazine rings is 1. The molecule has 0 saturated carbocycles. The third-order valence-corrected chi connectivity index (χ3v) is 5.73. The lowest BCUT2D eigenvalue weighted by Gasteiger charge is -2.44. The number of rotatable bonds is 2. The maximum absolute atomic E-state index is 4.55. The summed E-state index contributed by atoms with van der Waals surface area (Å²) >= 11 is 0. The molecule has 1 N–H and O–H groups in total. The molecule has 1 atom stereocenters. The summed E-state index contributed by atoms with van der Waals surface area (Å²) in [6, 6.07) is 5.06. The first-order chi connectivity index (χ1) is 11.5. The van der Waals surface area contributed by atoms with E-state index < -0.39 is 0 Å². The van der Waals surface area contributed by atoms with E-state index in [4.69, 9.17) is 0 Å². The number of piperidine rings is 1. The van der Waals surface area contributed by atoms with Crippen molar-refractivity contribution in [3.8, 4) is 0 Å². The number of H-pyrrole nitrogens is 1. The van der Waals surface area contributed by atoms with Crippen LogP contribution in [0.25, 0.3) is 11.0 Å². The molecule has 0 bridgehead atoms. The zero-order valence-corrected chi connectivity index (χ0v) is 15.3. The zero-order chi connectivity index (χ0) is 16.7. The lowest BCUT2D eigenvalue weighted by Crippen LogP contribution is -2.54. The van der Waals surface area contributed by atoms with Gasteiger partial charge in [-0.25, -0.2) is 4.98 Å². The number of hydrogen-bond acceptors (Lipinski definition) is 3. The lowest BCUT2D eigenvalue weighted by molar-refractivity contribution is 0.0456. The molecule has 0 radical (unpaired) electrons. The molecule has 0 aromatic carbocycles. The molecule has 2 aromatic heterocycles. The van der Waals surface area contributed by atoms with Gasteiger partial charge in [-0.15, -0.1) is 0 Å². The fourth-order valence-corrected chi connectivity index (χ4v) is 4.47. The van der Waals surface area contributed by atoms with E-state index in [2.05, 4.69) is 52.7 Å². The van der Waals surface area contributed by atoms with Gasteiger partial charge in [0, 0.05) is 54.9 Å². The molecule has 2 aliphatic heterocycles. The second-order valence-electron chi connectivity index (χ2n) is 8.55. The predicted octanol–water partition coefficient (Wildman–Crippen LogP) is 3.53. The van der Waals surface area contributed by atoms with Crippen molar-refractivity contribution in [1.82, 2.24) is 19.8 Å². The predicted molar refractivity (Wildman–Crippen MR) is 99.3 cm³/mol. The van der Waals surface area contributed by atoms with Crippen LogP contribution in [0.5, 0.6) is 0 Å². The first kappa shape index (κ1) is 16.1. The van der Waals surface area contributed by atoms with E-state index in [0.717, 1.165) is 18.2 Å². The largest absolute Gasteiger partial charge is 0.342 e. The lowest BCUT2D eigenvalue weighted by atomic mass is 9.88. The maximum atomic E-state index is 4.55. The minimum absolute atomic E-state index is 0.114. The average Bonchev–Trinajstić information content (AvgIpc) is 2.94. The van der Waals surface area contributed by atoms with Crippen LogP contribution in [0.2, 0.25) is 0 Å². The average molecular weight is 326 g/mol. The molecule has 1 unspecified atom stereocenters. The molecule has 2 fully saturated rings. The summed E-state index contributed by atoms with van der Waals surface area (Å²) in [7, 11) is 0. The Morgan fingerprint density at radius 2 is 2.08 bits per heavy atom. The van der Waals surface area contributed by atoms with Crippen LogP contribution in [0.15, 0.2) is 18.3 Å². The SMILES string of the molecule is CC(C)(C)c1[nH]c2ncccc2c1CN1CCN2CCCCC2C1. The number of hydrogen-bond donors (Lipinski definition) is 1. The molecule has 24 heavy (non-hydrogen) atoms. The number of nitrogens with one attached hydrogen (secondary N) is 1. The smallest absolute Gasteiger partial charge is 0.137 e. The molecular weight excluding hydrogens is 296 g/mol. The van der Waals surface area contributed by atoms with Crippen LogP contribution in [0, 0.1) is 0 Å². The highest BCUT2D eigenvalue weighted by atomic mass is 15.3. The van der Waals surface area contributed by atoms with Gasteiger partial charge in [-0.3, -0.25) is 9.80 Å². The second kappa shape index (κ2) is 6.16. The molecule has 130 valence electrons. The molecule has 4 rings (SSSR count). The third kappa shape index (κ3) is 2.98. The van der Waals surface area contributed by atoms with Crippen molar-refractivity contribution in [3.63, 3.8) is 0 Å². The van der Waals surface area contributed by atoms with Crippen molar-refractivity contribution in [2.75, 3.05) is 26.2 Å². The highest BCUT2D eigenvalue weighted by Crippen LogP contribution is 2.32. The van der Waals surface area contributed by atoms with Gasteiger partial charge in [-0.1, -0.05) is 27.2 Å². The molecule has 2 saturated heterocycles. The van der Waals surface area contributed by atoms with Gasteiger partial charge in [-0.2, -0.15) is 0 Å². The van der Waals surface area contributed by atoms with Gasteiger partial charge in [0.1, 0.15) is 5.65 Å². The van der Waals surface area contributed by atoms with Crippen LogP contribution < -0.4 is 0 Å². The molecule has 0 aliphatic carbocycles. The van der Waals surface area contributed by atoms with Crippen LogP contribution in [0.4, 0.5) is 0 Å². The topological polar surface area (TPSA) is 35.2 Å². The first-order valence-corrected chi connectivity index (χ1v) is 9.45. The Bertz CT molecular complexity index is 712. The minimum atomic E-state index is 0.114. The number of pyridine rings is 1. The third-order valence-electron chi connectivity index (χ3n) is 5.73. The van der Waals surface area contributed by atoms with Gasteiger partial charge in [0.15, 0.2) is 0 Å². The van der Waals surface area contributed by atoms with Gasteiger partial charge in [-0.05, 0) is 37.1 Å². The van der Waals surface area contributed by atoms with E-state index >= 15 is 0 Å². The normalized spacial score (nSPS) is 23.5. The summed E-state index contributed by atoms with van der Waals surface area (Å²) in [5.41, 5.74) is 3.95. The van der Waals surface area contributed by atoms with Gasteiger partial charge in [0.25, 0.3) is 0 Å². The van der Waals surface area contributed by atoms with Crippen LogP contribution in [0.3, 0.4) is 0 Å². The number of fused-ring (bicyclic) bond motifs is 2. The van der Waals surface area contributed by atoms with Gasteiger partial charge >= 0.3 is 0 Å². The highest BCUT2D eigenvalue weighted by Gasteiger charge is 2.30. The van der Waals surface area contributed by atoms with Gasteiger partial charge in [0.05, 0.1) is 0 Å². The number of aromatic nitrogens is 2. The van der Waals surface area contributed by atoms with Crippen LogP contribution in [-0.2, 0) is 12.0 Å². The molecule has 0 amide bonds. The Labute approximate surface area is 145 Å². The fourth-order valence-electron chi connectivity index (χ4n) is 4.47. The number of aromatic amines is 1. The molecule has 4 nitrogen and oxygen atoms in total. The van der Waals surface area contributed by atoms with Gasteiger partial charge < -0.3 is 4.98 Å². The van der Waals surface area contributed by atoms with Crippen LogP contribution in [0.1, 0.15) is 51.3 Å². The van der Waals surface area contributed by atoms with E-state index in [1.54, 1.807) is 0 Å². The first-order valence-electron chi connectivity index (χ1n) is 9.45. The molecular formula is C20H30N4. The van der Waals surface area contributed by atoms with E-state index in [-0.39, 0.29) is 5.41 Å². The second-order valence-corrected chi connectivity index (χ2v) is 8.55. The summed E-state index contributed by atoms with van der Waals surface area (Å²) in [4.78, 5) is 13.5. The molecule has 2 aliphatic rings. The van der Waals surface area contributed by atoms with Crippen LogP contribution >= 0.6 is 0 Å². The molecule has 4 heteroatoms. The maximum Gasteiger partial charge on any atom is 0.137 e. The Hall–Kier alpha value is -1.39. The summed E-state index contributed by atoms with van der Waals surface area (Å²) in [5.74, 6) is 0. The Morgan fingerprint density at radius 1 is 1.21 bits per heavy atom. The van der Waals surface area contributed by atoms with Crippen molar-refractivity contribution < 1.29 is 0 Å². The van der Waals surface area contributed by atoms with E-state index in [1.165, 1.54) is 62.1 Å². The summed E-state index contributed by atoms with van der Waals surface area (Å²) in [5, 5.41) is 1.30. The molecule has 4 heterocycles. The summed E-state index contributed by atoms with van der Waals surface area (Å²) in [6.07, 6.45) is 6.05. The summed E-state index contributed by atoms with van der Waals surface area (Å²) < 4.78 is 0. The highest BCUT2D eigenvalue weighted by molar-refractivity contribution is 5.81. The molecule has 2 aromatic rings. The van der Waals surface area contributed by atoms with Crippen molar-refractivity contribution in [3.05, 3.63) is 29.6 Å². The monoisotopic (exact) mass is 326 g/mol. The quantitative estimate of drug-likeness (QED) is 0.917. The standard InChI is InChI=1S/C20H30N4/c1-20(2,3)18-17(16-8-6-9-21-19(16)22-18)14-23-11-12-24-10-5-4-7-15(24)13-23/h6,8-9,15H,4-5,7,10-14H2,1-3H3,(H,21,22).